The molecule has 1 atom stereocenters. The summed E-state index contributed by atoms with van der Waals surface area (Å²) in [5.74, 6) is 0.446. The zero-order chi connectivity index (χ0) is 15.7. The van der Waals surface area contributed by atoms with Crippen LogP contribution >= 0.6 is 11.6 Å². The van der Waals surface area contributed by atoms with Gasteiger partial charge in [0.15, 0.2) is 0 Å². The van der Waals surface area contributed by atoms with Crippen LogP contribution in [0.3, 0.4) is 0 Å². The third-order valence-electron chi connectivity index (χ3n) is 4.19. The minimum atomic E-state index is -3.47. The highest BCUT2D eigenvalue weighted by Gasteiger charge is 2.37. The van der Waals surface area contributed by atoms with Gasteiger partial charge in [-0.05, 0) is 31.0 Å². The Labute approximate surface area is 136 Å². The highest BCUT2D eigenvalue weighted by molar-refractivity contribution is 7.89. The summed E-state index contributed by atoms with van der Waals surface area (Å²) in [6.45, 7) is 4.85. The molecule has 7 heteroatoms. The summed E-state index contributed by atoms with van der Waals surface area (Å²) < 4.78 is 37.4. The number of benzene rings is 1. The van der Waals surface area contributed by atoms with Crippen LogP contribution in [0.4, 0.5) is 0 Å². The Morgan fingerprint density at radius 2 is 2.18 bits per heavy atom. The molecule has 0 aromatic heterocycles. The molecule has 0 bridgehead atoms. The van der Waals surface area contributed by atoms with Gasteiger partial charge in [0, 0.05) is 30.6 Å². The molecule has 1 unspecified atom stereocenters. The fraction of sp³-hybridized carbons (Fsp3) is 0.600. The maximum atomic E-state index is 12.5. The van der Waals surface area contributed by atoms with Crippen molar-refractivity contribution < 1.29 is 17.9 Å². The highest BCUT2D eigenvalue weighted by Crippen LogP contribution is 2.27. The van der Waals surface area contributed by atoms with E-state index in [2.05, 4.69) is 0 Å². The Hall–Kier alpha value is -0.660. The molecule has 5 nitrogen and oxygen atoms in total. The number of hydrogen-bond donors (Lipinski definition) is 0. The number of sulfonamides is 1. The molecule has 3 rings (SSSR count). The first-order valence-electron chi connectivity index (χ1n) is 7.42. The maximum absolute atomic E-state index is 12.5. The predicted octanol–water partition coefficient (Wildman–Crippen LogP) is 2.07. The van der Waals surface area contributed by atoms with Crippen molar-refractivity contribution >= 4 is 21.6 Å². The van der Waals surface area contributed by atoms with Crippen LogP contribution in [0.15, 0.2) is 23.1 Å². The van der Waals surface area contributed by atoms with Gasteiger partial charge in [0.1, 0.15) is 0 Å². The molecule has 0 radical (unpaired) electrons. The zero-order valence-corrected chi connectivity index (χ0v) is 14.1. The molecular formula is C15H20ClNO4S. The van der Waals surface area contributed by atoms with Crippen molar-refractivity contribution in [2.24, 2.45) is 5.92 Å². The van der Waals surface area contributed by atoms with E-state index < -0.39 is 10.0 Å². The molecule has 2 heterocycles. The quantitative estimate of drug-likeness (QED) is 0.819. The molecule has 2 fully saturated rings. The van der Waals surface area contributed by atoms with Crippen LogP contribution in [0.25, 0.3) is 0 Å². The molecule has 22 heavy (non-hydrogen) atoms. The Morgan fingerprint density at radius 1 is 1.41 bits per heavy atom. The Kier molecular flexibility index (Phi) is 4.75. The van der Waals surface area contributed by atoms with Gasteiger partial charge >= 0.3 is 0 Å². The van der Waals surface area contributed by atoms with E-state index in [4.69, 9.17) is 21.1 Å². The van der Waals surface area contributed by atoms with Crippen LogP contribution < -0.4 is 0 Å². The second-order valence-electron chi connectivity index (χ2n) is 5.92. The normalized spacial score (nSPS) is 23.6. The van der Waals surface area contributed by atoms with Crippen LogP contribution in [0.2, 0.25) is 5.02 Å². The third-order valence-corrected chi connectivity index (χ3v) is 6.42. The Morgan fingerprint density at radius 3 is 2.82 bits per heavy atom. The lowest BCUT2D eigenvalue weighted by molar-refractivity contribution is -0.0354. The van der Waals surface area contributed by atoms with Gasteiger partial charge in [0.25, 0.3) is 0 Å². The minimum Gasteiger partial charge on any atom is -0.381 e. The molecule has 2 saturated heterocycles. The van der Waals surface area contributed by atoms with Crippen molar-refractivity contribution in [3.8, 4) is 0 Å². The maximum Gasteiger partial charge on any atom is 0.243 e. The lowest BCUT2D eigenvalue weighted by Gasteiger charge is -2.38. The fourth-order valence-corrected chi connectivity index (χ4v) is 4.35. The van der Waals surface area contributed by atoms with E-state index in [1.165, 1.54) is 10.4 Å². The van der Waals surface area contributed by atoms with Crippen LogP contribution in [0, 0.1) is 12.8 Å². The van der Waals surface area contributed by atoms with Gasteiger partial charge in [0.05, 0.1) is 24.2 Å². The van der Waals surface area contributed by atoms with E-state index in [9.17, 15) is 8.42 Å². The van der Waals surface area contributed by atoms with Crippen molar-refractivity contribution in [2.45, 2.75) is 24.3 Å². The van der Waals surface area contributed by atoms with E-state index in [-0.39, 0.29) is 11.0 Å². The molecule has 1 aromatic rings. The Balaban J connectivity index is 1.55. The summed E-state index contributed by atoms with van der Waals surface area (Å²) in [6.07, 6.45) is 1.01. The van der Waals surface area contributed by atoms with E-state index in [1.807, 2.05) is 6.92 Å². The van der Waals surface area contributed by atoms with E-state index in [0.29, 0.717) is 30.6 Å². The highest BCUT2D eigenvalue weighted by atomic mass is 35.5. The van der Waals surface area contributed by atoms with Crippen molar-refractivity contribution in [1.82, 2.24) is 4.31 Å². The van der Waals surface area contributed by atoms with Gasteiger partial charge in [-0.3, -0.25) is 0 Å². The molecule has 1 aromatic carbocycles. The van der Waals surface area contributed by atoms with Crippen LogP contribution in [0.5, 0.6) is 0 Å². The van der Waals surface area contributed by atoms with E-state index in [0.717, 1.165) is 25.2 Å². The molecule has 2 aliphatic heterocycles. The van der Waals surface area contributed by atoms with E-state index >= 15 is 0 Å². The van der Waals surface area contributed by atoms with Crippen molar-refractivity contribution in [3.05, 3.63) is 28.8 Å². The minimum absolute atomic E-state index is 0.0173. The largest absolute Gasteiger partial charge is 0.381 e. The predicted molar refractivity (Wildman–Crippen MR) is 83.6 cm³/mol. The van der Waals surface area contributed by atoms with Crippen molar-refractivity contribution in [2.75, 3.05) is 32.9 Å². The standard InChI is InChI=1S/C15H20ClNO4S/c1-11-2-3-14(6-15(11)16)22(18,19)17-7-13(8-17)21-10-12-4-5-20-9-12/h2-3,6,12-13H,4-5,7-10H2,1H3. The summed E-state index contributed by atoms with van der Waals surface area (Å²) in [7, 11) is -3.47. The summed E-state index contributed by atoms with van der Waals surface area (Å²) in [6, 6.07) is 4.83. The van der Waals surface area contributed by atoms with Gasteiger partial charge < -0.3 is 9.47 Å². The molecule has 122 valence electrons. The SMILES string of the molecule is Cc1ccc(S(=O)(=O)N2CC(OCC3CCOC3)C2)cc1Cl. The molecular weight excluding hydrogens is 326 g/mol. The van der Waals surface area contributed by atoms with Crippen molar-refractivity contribution in [3.63, 3.8) is 0 Å². The topological polar surface area (TPSA) is 55.8 Å². The molecule has 0 saturated carbocycles. The van der Waals surface area contributed by atoms with Gasteiger partial charge in [-0.1, -0.05) is 17.7 Å². The lowest BCUT2D eigenvalue weighted by Crippen LogP contribution is -2.54. The summed E-state index contributed by atoms with van der Waals surface area (Å²) in [5, 5.41) is 0.468. The monoisotopic (exact) mass is 345 g/mol. The van der Waals surface area contributed by atoms with Gasteiger partial charge in [-0.2, -0.15) is 4.31 Å². The number of nitrogens with zero attached hydrogens (tertiary/aromatic N) is 1. The number of aryl methyl sites for hydroxylation is 1. The first-order chi connectivity index (χ1) is 10.5. The average Bonchev–Trinajstić information content (AvgIpc) is 2.93. The van der Waals surface area contributed by atoms with Gasteiger partial charge in [-0.15, -0.1) is 0 Å². The molecule has 0 spiro atoms. The Bertz CT molecular complexity index is 637. The average molecular weight is 346 g/mol. The second kappa shape index (κ2) is 6.45. The number of halogens is 1. The number of hydrogen-bond acceptors (Lipinski definition) is 4. The lowest BCUT2D eigenvalue weighted by atomic mass is 10.1. The van der Waals surface area contributed by atoms with Crippen molar-refractivity contribution in [1.29, 1.82) is 0 Å². The first-order valence-corrected chi connectivity index (χ1v) is 9.24. The third kappa shape index (κ3) is 3.31. The number of rotatable bonds is 5. The fourth-order valence-electron chi connectivity index (χ4n) is 2.57. The summed E-state index contributed by atoms with van der Waals surface area (Å²) in [5.41, 5.74) is 0.865. The summed E-state index contributed by atoms with van der Waals surface area (Å²) >= 11 is 6.02. The van der Waals surface area contributed by atoms with Crippen LogP contribution in [-0.4, -0.2) is 51.7 Å². The number of ether oxygens (including phenoxy) is 2. The molecule has 0 amide bonds. The molecule has 0 aliphatic carbocycles. The molecule has 0 N–H and O–H groups in total. The van der Waals surface area contributed by atoms with Crippen LogP contribution in [0.1, 0.15) is 12.0 Å². The van der Waals surface area contributed by atoms with Gasteiger partial charge in [0.2, 0.25) is 10.0 Å². The van der Waals surface area contributed by atoms with Crippen LogP contribution in [-0.2, 0) is 19.5 Å². The van der Waals surface area contributed by atoms with Gasteiger partial charge in [-0.25, -0.2) is 8.42 Å². The summed E-state index contributed by atoms with van der Waals surface area (Å²) in [4.78, 5) is 0.241. The zero-order valence-electron chi connectivity index (χ0n) is 12.5. The second-order valence-corrected chi connectivity index (χ2v) is 8.26. The molecule has 2 aliphatic rings. The first kappa shape index (κ1) is 16.2. The smallest absolute Gasteiger partial charge is 0.243 e. The van der Waals surface area contributed by atoms with E-state index in [1.54, 1.807) is 12.1 Å².